The molecule has 19 heavy (non-hydrogen) atoms. The van der Waals surface area contributed by atoms with Crippen LogP contribution in [0.1, 0.15) is 19.3 Å². The second-order valence-electron chi connectivity index (χ2n) is 5.17. The Labute approximate surface area is 113 Å². The summed E-state index contributed by atoms with van der Waals surface area (Å²) in [5.41, 5.74) is 0. The third-order valence-electron chi connectivity index (χ3n) is 3.40. The number of carbonyl (C=O) groups excluding carboxylic acids is 2. The lowest BCUT2D eigenvalue weighted by Gasteiger charge is -2.19. The van der Waals surface area contributed by atoms with E-state index in [9.17, 15) is 9.59 Å². The Morgan fingerprint density at radius 1 is 1.26 bits per heavy atom. The van der Waals surface area contributed by atoms with Gasteiger partial charge in [-0.3, -0.25) is 9.59 Å². The van der Waals surface area contributed by atoms with Gasteiger partial charge >= 0.3 is 11.8 Å². The zero-order chi connectivity index (χ0) is 13.5. The number of nitrogens with zero attached hydrogens (tertiary/aromatic N) is 1. The minimum absolute atomic E-state index is 0.406. The van der Waals surface area contributed by atoms with Crippen molar-refractivity contribution in [1.29, 1.82) is 0 Å². The summed E-state index contributed by atoms with van der Waals surface area (Å²) in [6.07, 6.45) is 3.41. The lowest BCUT2D eigenvalue weighted by molar-refractivity contribution is -0.145. The SMILES string of the molecule is O=C(NCCOCC1CC1)C(=O)N1CCCNCC1. The molecule has 2 N–H and O–H groups in total. The number of hydrogen-bond donors (Lipinski definition) is 2. The summed E-state index contributed by atoms with van der Waals surface area (Å²) in [5.74, 6) is -0.218. The van der Waals surface area contributed by atoms with Crippen LogP contribution in [0.3, 0.4) is 0 Å². The monoisotopic (exact) mass is 269 g/mol. The molecule has 1 aliphatic heterocycles. The third kappa shape index (κ3) is 5.16. The Balaban J connectivity index is 1.59. The van der Waals surface area contributed by atoms with Gasteiger partial charge in [0.2, 0.25) is 0 Å². The van der Waals surface area contributed by atoms with Crippen LogP contribution in [0.5, 0.6) is 0 Å². The molecule has 6 nitrogen and oxygen atoms in total. The van der Waals surface area contributed by atoms with E-state index in [4.69, 9.17) is 4.74 Å². The van der Waals surface area contributed by atoms with E-state index in [1.165, 1.54) is 12.8 Å². The van der Waals surface area contributed by atoms with Crippen LogP contribution in [0, 0.1) is 5.92 Å². The number of amides is 2. The smallest absolute Gasteiger partial charge is 0.311 e. The first kappa shape index (κ1) is 14.3. The molecule has 108 valence electrons. The highest BCUT2D eigenvalue weighted by atomic mass is 16.5. The first-order valence-corrected chi connectivity index (χ1v) is 7.13. The zero-order valence-electron chi connectivity index (χ0n) is 11.3. The van der Waals surface area contributed by atoms with E-state index >= 15 is 0 Å². The van der Waals surface area contributed by atoms with Gasteiger partial charge in [-0.1, -0.05) is 0 Å². The van der Waals surface area contributed by atoms with Crippen molar-refractivity contribution in [3.05, 3.63) is 0 Å². The molecule has 2 aliphatic rings. The van der Waals surface area contributed by atoms with E-state index in [2.05, 4.69) is 10.6 Å². The quantitative estimate of drug-likeness (QED) is 0.514. The van der Waals surface area contributed by atoms with Crippen LogP contribution >= 0.6 is 0 Å². The van der Waals surface area contributed by atoms with Crippen molar-refractivity contribution in [2.75, 3.05) is 45.9 Å². The molecule has 1 saturated heterocycles. The van der Waals surface area contributed by atoms with Gasteiger partial charge in [0.25, 0.3) is 0 Å². The van der Waals surface area contributed by atoms with E-state index in [-0.39, 0.29) is 0 Å². The fourth-order valence-corrected chi connectivity index (χ4v) is 2.04. The minimum Gasteiger partial charge on any atom is -0.379 e. The Kier molecular flexibility index (Phi) is 5.60. The summed E-state index contributed by atoms with van der Waals surface area (Å²) in [5, 5.41) is 5.82. The van der Waals surface area contributed by atoms with Crippen LogP contribution < -0.4 is 10.6 Å². The van der Waals surface area contributed by atoms with Crippen molar-refractivity contribution in [3.8, 4) is 0 Å². The lowest BCUT2D eigenvalue weighted by atomic mass is 10.3. The first-order valence-electron chi connectivity index (χ1n) is 7.13. The summed E-state index contributed by atoms with van der Waals surface area (Å²) in [6, 6.07) is 0. The highest BCUT2D eigenvalue weighted by molar-refractivity contribution is 6.35. The van der Waals surface area contributed by atoms with Crippen LogP contribution in [0.25, 0.3) is 0 Å². The molecule has 0 bridgehead atoms. The van der Waals surface area contributed by atoms with Crippen molar-refractivity contribution in [2.24, 2.45) is 5.92 Å². The van der Waals surface area contributed by atoms with Crippen LogP contribution in [0.2, 0.25) is 0 Å². The van der Waals surface area contributed by atoms with E-state index in [0.29, 0.717) is 26.2 Å². The standard InChI is InChI=1S/C13H23N3O3/c17-12(15-6-9-19-10-11-2-3-11)13(18)16-7-1-4-14-5-8-16/h11,14H,1-10H2,(H,15,17). The summed E-state index contributed by atoms with van der Waals surface area (Å²) in [4.78, 5) is 25.2. The molecule has 2 amide bonds. The molecule has 6 heteroatoms. The normalized spacial score (nSPS) is 19.9. The second kappa shape index (κ2) is 7.45. The van der Waals surface area contributed by atoms with Gasteiger partial charge in [-0.25, -0.2) is 0 Å². The fourth-order valence-electron chi connectivity index (χ4n) is 2.04. The van der Waals surface area contributed by atoms with Crippen molar-refractivity contribution in [1.82, 2.24) is 15.5 Å². The van der Waals surface area contributed by atoms with Gasteiger partial charge in [0.1, 0.15) is 0 Å². The molecule has 1 saturated carbocycles. The zero-order valence-corrected chi connectivity index (χ0v) is 11.3. The molecule has 2 fully saturated rings. The number of carbonyl (C=O) groups is 2. The van der Waals surface area contributed by atoms with Gasteiger partial charge < -0.3 is 20.3 Å². The first-order chi connectivity index (χ1) is 9.27. The molecule has 2 rings (SSSR count). The van der Waals surface area contributed by atoms with Crippen LogP contribution in [-0.2, 0) is 14.3 Å². The number of ether oxygens (including phenoxy) is 1. The average molecular weight is 269 g/mol. The van der Waals surface area contributed by atoms with Gasteiger partial charge in [0.15, 0.2) is 0 Å². The highest BCUT2D eigenvalue weighted by Gasteiger charge is 2.23. The van der Waals surface area contributed by atoms with E-state index in [0.717, 1.165) is 32.0 Å². The molecule has 1 heterocycles. The molecule has 1 aliphatic carbocycles. The molecule has 0 aromatic heterocycles. The Bertz CT molecular complexity index is 310. The third-order valence-corrected chi connectivity index (χ3v) is 3.40. The van der Waals surface area contributed by atoms with Crippen molar-refractivity contribution in [3.63, 3.8) is 0 Å². The molecule has 0 radical (unpaired) electrons. The van der Waals surface area contributed by atoms with Crippen molar-refractivity contribution < 1.29 is 14.3 Å². The maximum Gasteiger partial charge on any atom is 0.311 e. The molecule has 0 atom stereocenters. The van der Waals surface area contributed by atoms with Gasteiger partial charge in [0, 0.05) is 32.8 Å². The maximum atomic E-state index is 11.9. The molecule has 0 spiro atoms. The van der Waals surface area contributed by atoms with Gasteiger partial charge in [0.05, 0.1) is 6.61 Å². The molecular weight excluding hydrogens is 246 g/mol. The predicted octanol–water partition coefficient (Wildman–Crippen LogP) is -0.649. The summed E-state index contributed by atoms with van der Waals surface area (Å²) in [7, 11) is 0. The van der Waals surface area contributed by atoms with Crippen molar-refractivity contribution in [2.45, 2.75) is 19.3 Å². The molecule has 0 aromatic rings. The van der Waals surface area contributed by atoms with Gasteiger partial charge in [-0.05, 0) is 31.7 Å². The second-order valence-corrected chi connectivity index (χ2v) is 5.17. The lowest BCUT2D eigenvalue weighted by Crippen LogP contribution is -2.45. The van der Waals surface area contributed by atoms with Crippen LogP contribution in [0.15, 0.2) is 0 Å². The van der Waals surface area contributed by atoms with Crippen LogP contribution in [-0.4, -0.2) is 62.7 Å². The Morgan fingerprint density at radius 3 is 2.89 bits per heavy atom. The average Bonchev–Trinajstić information content (AvgIpc) is 3.23. The number of nitrogens with one attached hydrogen (secondary N) is 2. The topological polar surface area (TPSA) is 70.7 Å². The van der Waals surface area contributed by atoms with Gasteiger partial charge in [-0.15, -0.1) is 0 Å². The maximum absolute atomic E-state index is 11.9. The highest BCUT2D eigenvalue weighted by Crippen LogP contribution is 2.28. The van der Waals surface area contributed by atoms with Crippen molar-refractivity contribution >= 4 is 11.8 Å². The number of hydrogen-bond acceptors (Lipinski definition) is 4. The fraction of sp³-hybridized carbons (Fsp3) is 0.846. The van der Waals surface area contributed by atoms with Crippen LogP contribution in [0.4, 0.5) is 0 Å². The predicted molar refractivity (Wildman–Crippen MR) is 70.6 cm³/mol. The molecule has 0 aromatic carbocycles. The summed E-state index contributed by atoms with van der Waals surface area (Å²) in [6.45, 7) is 4.58. The minimum atomic E-state index is -0.517. The Hall–Kier alpha value is -1.14. The van der Waals surface area contributed by atoms with E-state index < -0.39 is 11.8 Å². The molecular formula is C13H23N3O3. The molecule has 0 unspecified atom stereocenters. The summed E-state index contributed by atoms with van der Waals surface area (Å²) >= 11 is 0. The number of rotatable bonds is 5. The van der Waals surface area contributed by atoms with E-state index in [1.807, 2.05) is 0 Å². The largest absolute Gasteiger partial charge is 0.379 e. The van der Waals surface area contributed by atoms with Gasteiger partial charge in [-0.2, -0.15) is 0 Å². The van der Waals surface area contributed by atoms with E-state index in [1.54, 1.807) is 4.90 Å². The Morgan fingerprint density at radius 2 is 2.11 bits per heavy atom. The summed E-state index contributed by atoms with van der Waals surface area (Å²) < 4.78 is 5.40.